The van der Waals surface area contributed by atoms with E-state index < -0.39 is 10.0 Å². The van der Waals surface area contributed by atoms with Gasteiger partial charge in [-0.05, 0) is 31.9 Å². The largest absolute Gasteiger partial charge is 0.481 e. The van der Waals surface area contributed by atoms with Crippen LogP contribution in [0.1, 0.15) is 19.3 Å². The first-order chi connectivity index (χ1) is 9.63. The first kappa shape index (κ1) is 16.5. The van der Waals surface area contributed by atoms with Crippen LogP contribution < -0.4 is 10.1 Å². The van der Waals surface area contributed by atoms with Gasteiger partial charge >= 0.3 is 0 Å². The molecule has 1 unspecified atom stereocenters. The first-order valence-electron chi connectivity index (χ1n) is 6.87. The predicted octanol–water partition coefficient (Wildman–Crippen LogP) is 1.03. The van der Waals surface area contributed by atoms with Gasteiger partial charge in [0, 0.05) is 24.7 Å². The fourth-order valence-electron chi connectivity index (χ4n) is 2.64. The highest BCUT2D eigenvalue weighted by Crippen LogP contribution is 2.35. The Kier molecular flexibility index (Phi) is 5.08. The van der Waals surface area contributed by atoms with Crippen molar-refractivity contribution < 1.29 is 13.2 Å². The Hall–Kier alpha value is -0.890. The van der Waals surface area contributed by atoms with Crippen LogP contribution in [0.5, 0.6) is 5.88 Å². The zero-order chi connectivity index (χ0) is 14.2. The third-order valence-corrected chi connectivity index (χ3v) is 5.78. The summed E-state index contributed by atoms with van der Waals surface area (Å²) >= 11 is 0. The van der Waals surface area contributed by atoms with Crippen LogP contribution in [0.4, 0.5) is 0 Å². The van der Waals surface area contributed by atoms with Gasteiger partial charge in [0.25, 0.3) is 0 Å². The molecule has 1 N–H and O–H groups in total. The lowest BCUT2D eigenvalue weighted by atomic mass is 10.2. The standard InChI is InChI=1S/C13H19N3O3S.ClH/c1-19-13-5-4-12(9-15-13)20(17,18)16(10-2-3-10)11-6-7-14-8-11;/h4-5,9-11,14H,2-3,6-8H2,1H3;1H. The molecule has 0 aromatic carbocycles. The zero-order valence-electron chi connectivity index (χ0n) is 11.9. The van der Waals surface area contributed by atoms with Crippen LogP contribution in [0, 0.1) is 0 Å². The smallest absolute Gasteiger partial charge is 0.245 e. The Labute approximate surface area is 131 Å². The summed E-state index contributed by atoms with van der Waals surface area (Å²) in [5.74, 6) is 0.421. The van der Waals surface area contributed by atoms with Crippen LogP contribution in [0.15, 0.2) is 23.2 Å². The number of rotatable bonds is 5. The molecule has 8 heteroatoms. The minimum absolute atomic E-state index is 0. The average Bonchev–Trinajstić information content (AvgIpc) is 3.13. The van der Waals surface area contributed by atoms with Gasteiger partial charge in [-0.1, -0.05) is 0 Å². The van der Waals surface area contributed by atoms with E-state index in [4.69, 9.17) is 4.74 Å². The molecule has 1 aromatic rings. The molecular weight excluding hydrogens is 314 g/mol. The summed E-state index contributed by atoms with van der Waals surface area (Å²) in [4.78, 5) is 4.26. The van der Waals surface area contributed by atoms with Gasteiger partial charge in [-0.3, -0.25) is 0 Å². The molecule has 21 heavy (non-hydrogen) atoms. The molecule has 1 aliphatic carbocycles. The van der Waals surface area contributed by atoms with E-state index in [0.29, 0.717) is 5.88 Å². The van der Waals surface area contributed by atoms with Crippen molar-refractivity contribution in [2.45, 2.75) is 36.2 Å². The number of nitrogens with zero attached hydrogens (tertiary/aromatic N) is 2. The van der Waals surface area contributed by atoms with Crippen molar-refractivity contribution in [3.8, 4) is 5.88 Å². The maximum atomic E-state index is 12.8. The fraction of sp³-hybridized carbons (Fsp3) is 0.615. The van der Waals surface area contributed by atoms with Crippen LogP contribution in [0.2, 0.25) is 0 Å². The van der Waals surface area contributed by atoms with Crippen LogP contribution in [0.25, 0.3) is 0 Å². The molecule has 1 aliphatic heterocycles. The van der Waals surface area contributed by atoms with Gasteiger partial charge in [0.1, 0.15) is 4.90 Å². The van der Waals surface area contributed by atoms with Crippen molar-refractivity contribution in [2.24, 2.45) is 0 Å². The summed E-state index contributed by atoms with van der Waals surface area (Å²) in [6.45, 7) is 1.61. The number of hydrogen-bond acceptors (Lipinski definition) is 5. The lowest BCUT2D eigenvalue weighted by Crippen LogP contribution is -2.43. The van der Waals surface area contributed by atoms with Gasteiger partial charge in [0.2, 0.25) is 15.9 Å². The Morgan fingerprint density at radius 1 is 1.29 bits per heavy atom. The minimum atomic E-state index is -3.47. The third-order valence-electron chi connectivity index (χ3n) is 3.79. The minimum Gasteiger partial charge on any atom is -0.481 e. The Morgan fingerprint density at radius 3 is 2.52 bits per heavy atom. The van der Waals surface area contributed by atoms with Gasteiger partial charge in [-0.25, -0.2) is 13.4 Å². The highest BCUT2D eigenvalue weighted by atomic mass is 35.5. The van der Waals surface area contributed by atoms with Crippen molar-refractivity contribution in [3.05, 3.63) is 18.3 Å². The first-order valence-corrected chi connectivity index (χ1v) is 8.31. The molecule has 2 aliphatic rings. The number of aromatic nitrogens is 1. The van der Waals surface area contributed by atoms with E-state index in [9.17, 15) is 8.42 Å². The summed E-state index contributed by atoms with van der Waals surface area (Å²) in [6.07, 6.45) is 4.17. The number of methoxy groups -OCH3 is 1. The van der Waals surface area contributed by atoms with Gasteiger partial charge < -0.3 is 10.1 Å². The molecular formula is C13H20ClN3O3S. The number of ether oxygens (including phenoxy) is 1. The number of pyridine rings is 1. The highest BCUT2D eigenvalue weighted by Gasteiger charge is 2.43. The molecule has 2 heterocycles. The van der Waals surface area contributed by atoms with Crippen molar-refractivity contribution in [1.29, 1.82) is 0 Å². The second kappa shape index (κ2) is 6.48. The lowest BCUT2D eigenvalue weighted by Gasteiger charge is -2.27. The number of halogens is 1. The Balaban J connectivity index is 0.00000161. The number of nitrogens with one attached hydrogen (secondary N) is 1. The van der Waals surface area contributed by atoms with Crippen LogP contribution in [-0.2, 0) is 10.0 Å². The molecule has 118 valence electrons. The van der Waals surface area contributed by atoms with E-state index in [0.717, 1.165) is 32.4 Å². The predicted molar refractivity (Wildman–Crippen MR) is 81.4 cm³/mol. The Morgan fingerprint density at radius 2 is 2.05 bits per heavy atom. The van der Waals surface area contributed by atoms with Crippen molar-refractivity contribution in [1.82, 2.24) is 14.6 Å². The summed E-state index contributed by atoms with van der Waals surface area (Å²) in [7, 11) is -1.96. The monoisotopic (exact) mass is 333 g/mol. The van der Waals surface area contributed by atoms with Gasteiger partial charge in [0.15, 0.2) is 0 Å². The van der Waals surface area contributed by atoms with Crippen molar-refractivity contribution in [2.75, 3.05) is 20.2 Å². The van der Waals surface area contributed by atoms with Gasteiger partial charge in [0.05, 0.1) is 13.3 Å². The molecule has 1 atom stereocenters. The molecule has 0 amide bonds. The molecule has 1 saturated heterocycles. The van der Waals surface area contributed by atoms with E-state index >= 15 is 0 Å². The van der Waals surface area contributed by atoms with Crippen LogP contribution in [0.3, 0.4) is 0 Å². The lowest BCUT2D eigenvalue weighted by molar-refractivity contribution is 0.326. The summed E-state index contributed by atoms with van der Waals surface area (Å²) in [5.41, 5.74) is 0. The second-order valence-corrected chi connectivity index (χ2v) is 7.09. The van der Waals surface area contributed by atoms with Crippen molar-refractivity contribution >= 4 is 22.4 Å². The molecule has 1 saturated carbocycles. The molecule has 0 bridgehead atoms. The summed E-state index contributed by atoms with van der Waals surface area (Å²) < 4.78 is 32.3. The van der Waals surface area contributed by atoms with E-state index in [1.807, 2.05) is 0 Å². The number of sulfonamides is 1. The van der Waals surface area contributed by atoms with Gasteiger partial charge in [-0.15, -0.1) is 12.4 Å². The normalized spacial score (nSPS) is 22.1. The topological polar surface area (TPSA) is 71.5 Å². The molecule has 2 fully saturated rings. The van der Waals surface area contributed by atoms with E-state index in [1.165, 1.54) is 13.3 Å². The molecule has 0 spiro atoms. The van der Waals surface area contributed by atoms with Crippen LogP contribution >= 0.6 is 12.4 Å². The zero-order valence-corrected chi connectivity index (χ0v) is 13.5. The SMILES string of the molecule is COc1ccc(S(=O)(=O)N(C2CC2)C2CCNC2)cn1.Cl. The fourth-order valence-corrected chi connectivity index (χ4v) is 4.48. The molecule has 1 aromatic heterocycles. The summed E-state index contributed by atoms with van der Waals surface area (Å²) in [5, 5.41) is 3.24. The average molecular weight is 334 g/mol. The maximum absolute atomic E-state index is 12.8. The molecule has 0 radical (unpaired) electrons. The van der Waals surface area contributed by atoms with Gasteiger partial charge in [-0.2, -0.15) is 4.31 Å². The third kappa shape index (κ3) is 3.31. The van der Waals surface area contributed by atoms with E-state index in [-0.39, 0.29) is 29.4 Å². The molecule has 6 nitrogen and oxygen atoms in total. The maximum Gasteiger partial charge on any atom is 0.245 e. The summed E-state index contributed by atoms with van der Waals surface area (Å²) in [6, 6.07) is 3.38. The van der Waals surface area contributed by atoms with Crippen LogP contribution in [-0.4, -0.2) is 50.0 Å². The quantitative estimate of drug-likeness (QED) is 0.871. The molecule has 3 rings (SSSR count). The second-order valence-electron chi connectivity index (χ2n) is 5.25. The van der Waals surface area contributed by atoms with E-state index in [2.05, 4.69) is 10.3 Å². The van der Waals surface area contributed by atoms with Crippen molar-refractivity contribution in [3.63, 3.8) is 0 Å². The van der Waals surface area contributed by atoms with E-state index in [1.54, 1.807) is 16.4 Å². The number of hydrogen-bond donors (Lipinski definition) is 1. The highest BCUT2D eigenvalue weighted by molar-refractivity contribution is 7.89. The Bertz CT molecular complexity index is 569.